The molecule has 1 aliphatic heterocycles. The molecule has 3 aromatic rings. The van der Waals surface area contributed by atoms with Gasteiger partial charge in [0.05, 0.1) is 48.3 Å². The molecule has 30 heavy (non-hydrogen) atoms. The lowest BCUT2D eigenvalue weighted by Gasteiger charge is -2.33. The summed E-state index contributed by atoms with van der Waals surface area (Å²) < 4.78 is 25.0. The second-order valence-electron chi connectivity index (χ2n) is 6.52. The first-order chi connectivity index (χ1) is 14.4. The molecule has 2 aromatic carbocycles. The zero-order chi connectivity index (χ0) is 21.4. The Morgan fingerprint density at radius 3 is 2.67 bits per heavy atom. The topological polar surface area (TPSA) is 89.0 Å². The van der Waals surface area contributed by atoms with Crippen LogP contribution in [0.5, 0.6) is 11.5 Å². The molecular formula is C20H17FN2O5S2. The zero-order valence-electron chi connectivity index (χ0n) is 16.0. The number of hydrogen-bond acceptors (Lipinski definition) is 7. The number of rotatable bonds is 6. The molecule has 2 heterocycles. The van der Waals surface area contributed by atoms with Crippen LogP contribution in [-0.4, -0.2) is 41.4 Å². The number of anilines is 1. The van der Waals surface area contributed by atoms with E-state index in [4.69, 9.17) is 9.47 Å². The van der Waals surface area contributed by atoms with Gasteiger partial charge in [-0.2, -0.15) is 0 Å². The van der Waals surface area contributed by atoms with Gasteiger partial charge in [-0.25, -0.2) is 9.37 Å². The molecule has 1 aliphatic rings. The highest BCUT2D eigenvalue weighted by molar-refractivity contribution is 8.01. The fraction of sp³-hybridized carbons (Fsp3) is 0.250. The lowest BCUT2D eigenvalue weighted by Crippen LogP contribution is -2.41. The summed E-state index contributed by atoms with van der Waals surface area (Å²) in [7, 11) is 3.01. The monoisotopic (exact) mass is 448 g/mol. The Bertz CT molecular complexity index is 1150. The molecule has 1 atom stereocenters. The van der Waals surface area contributed by atoms with Crippen molar-refractivity contribution in [2.75, 3.05) is 19.1 Å². The number of amides is 1. The van der Waals surface area contributed by atoms with E-state index >= 15 is 0 Å². The Morgan fingerprint density at radius 1 is 1.23 bits per heavy atom. The van der Waals surface area contributed by atoms with Crippen molar-refractivity contribution in [1.82, 2.24) is 4.98 Å². The van der Waals surface area contributed by atoms with Crippen LogP contribution in [0.2, 0.25) is 0 Å². The first kappa shape index (κ1) is 20.4. The number of nitrogens with zero attached hydrogens (tertiary/aromatic N) is 2. The number of fused-ring (bicyclic) bond motifs is 2. The van der Waals surface area contributed by atoms with E-state index in [2.05, 4.69) is 4.98 Å². The molecule has 0 spiro atoms. The van der Waals surface area contributed by atoms with Gasteiger partial charge in [-0.1, -0.05) is 0 Å². The maximum Gasteiger partial charge on any atom is 0.305 e. The first-order valence-corrected chi connectivity index (χ1v) is 10.6. The Labute approximate surface area is 179 Å². The summed E-state index contributed by atoms with van der Waals surface area (Å²) in [6, 6.07) is 7.79. The molecule has 4 rings (SSSR count). The smallest absolute Gasteiger partial charge is 0.305 e. The molecule has 1 N–H and O–H groups in total. The van der Waals surface area contributed by atoms with E-state index in [1.54, 1.807) is 18.2 Å². The fourth-order valence-electron chi connectivity index (χ4n) is 3.25. The van der Waals surface area contributed by atoms with Crippen molar-refractivity contribution < 1.29 is 28.6 Å². The number of aliphatic carboxylic acids is 1. The van der Waals surface area contributed by atoms with Gasteiger partial charge >= 0.3 is 5.97 Å². The molecule has 7 nitrogen and oxygen atoms in total. The van der Waals surface area contributed by atoms with Crippen molar-refractivity contribution >= 4 is 50.9 Å². The maximum atomic E-state index is 13.5. The van der Waals surface area contributed by atoms with Crippen LogP contribution in [0, 0.1) is 5.82 Å². The Morgan fingerprint density at radius 2 is 1.97 bits per heavy atom. The molecule has 0 saturated heterocycles. The van der Waals surface area contributed by atoms with E-state index in [-0.39, 0.29) is 24.7 Å². The predicted octanol–water partition coefficient (Wildman–Crippen LogP) is 3.93. The Kier molecular flexibility index (Phi) is 5.52. The summed E-state index contributed by atoms with van der Waals surface area (Å²) in [5.41, 5.74) is 1.11. The standard InChI is InChI=1S/C20H17FN2O5S2/c1-27-13-6-12-16(7-14(13)28-2)29-17(8-19(24)25)20(26)23(12)9-18-22-11-5-10(21)3-4-15(11)30-18/h3-7,17H,8-9H2,1-2H3,(H,24,25). The average molecular weight is 448 g/mol. The van der Waals surface area contributed by atoms with Crippen LogP contribution in [0.3, 0.4) is 0 Å². The van der Waals surface area contributed by atoms with Gasteiger partial charge in [0.15, 0.2) is 11.5 Å². The molecule has 0 saturated carbocycles. The lowest BCUT2D eigenvalue weighted by atomic mass is 10.2. The van der Waals surface area contributed by atoms with Gasteiger partial charge in [-0.3, -0.25) is 9.59 Å². The van der Waals surface area contributed by atoms with E-state index in [0.717, 1.165) is 4.70 Å². The van der Waals surface area contributed by atoms with Crippen molar-refractivity contribution in [3.8, 4) is 11.5 Å². The van der Waals surface area contributed by atoms with Gasteiger partial charge < -0.3 is 19.5 Å². The molecule has 1 unspecified atom stereocenters. The lowest BCUT2D eigenvalue weighted by molar-refractivity contribution is -0.138. The highest BCUT2D eigenvalue weighted by atomic mass is 32.2. The van der Waals surface area contributed by atoms with Crippen LogP contribution in [-0.2, 0) is 16.1 Å². The highest BCUT2D eigenvalue weighted by Gasteiger charge is 2.36. The van der Waals surface area contributed by atoms with Gasteiger partial charge in [0.1, 0.15) is 10.8 Å². The summed E-state index contributed by atoms with van der Waals surface area (Å²) in [6.07, 6.45) is -0.307. The van der Waals surface area contributed by atoms with Crippen LogP contribution in [0.15, 0.2) is 35.2 Å². The Balaban J connectivity index is 1.77. The quantitative estimate of drug-likeness (QED) is 0.611. The number of methoxy groups -OCH3 is 2. The van der Waals surface area contributed by atoms with E-state index in [0.29, 0.717) is 32.6 Å². The van der Waals surface area contributed by atoms with E-state index in [1.165, 1.54) is 54.4 Å². The maximum absolute atomic E-state index is 13.5. The van der Waals surface area contributed by atoms with Crippen LogP contribution >= 0.6 is 23.1 Å². The molecule has 0 radical (unpaired) electrons. The summed E-state index contributed by atoms with van der Waals surface area (Å²) in [6.45, 7) is 0.138. The zero-order valence-corrected chi connectivity index (χ0v) is 17.7. The molecular weight excluding hydrogens is 431 g/mol. The number of hydrogen-bond donors (Lipinski definition) is 1. The largest absolute Gasteiger partial charge is 0.493 e. The van der Waals surface area contributed by atoms with Gasteiger partial charge in [0, 0.05) is 17.0 Å². The number of carboxylic acids is 1. The number of ether oxygens (including phenoxy) is 2. The third kappa shape index (κ3) is 3.80. The summed E-state index contributed by atoms with van der Waals surface area (Å²) in [5.74, 6) is -0.818. The normalized spacial score (nSPS) is 15.9. The van der Waals surface area contributed by atoms with Crippen molar-refractivity contribution in [1.29, 1.82) is 0 Å². The van der Waals surface area contributed by atoms with Crippen molar-refractivity contribution in [2.24, 2.45) is 0 Å². The third-order valence-corrected chi connectivity index (χ3v) is 6.87. The minimum atomic E-state index is -1.06. The summed E-state index contributed by atoms with van der Waals surface area (Å²) in [5, 5.41) is 9.08. The fourth-order valence-corrected chi connectivity index (χ4v) is 5.42. The van der Waals surface area contributed by atoms with Crippen molar-refractivity contribution in [3.63, 3.8) is 0 Å². The summed E-state index contributed by atoms with van der Waals surface area (Å²) in [4.78, 5) is 31.1. The molecule has 10 heteroatoms. The number of benzene rings is 2. The number of carboxylic acid groups (broad SMARTS) is 1. The van der Waals surface area contributed by atoms with Gasteiger partial charge in [-0.05, 0) is 18.2 Å². The minimum Gasteiger partial charge on any atom is -0.493 e. The van der Waals surface area contributed by atoms with Crippen LogP contribution < -0.4 is 14.4 Å². The van der Waals surface area contributed by atoms with E-state index in [1.807, 2.05) is 0 Å². The van der Waals surface area contributed by atoms with Gasteiger partial charge in [-0.15, -0.1) is 23.1 Å². The predicted molar refractivity (Wildman–Crippen MR) is 112 cm³/mol. The van der Waals surface area contributed by atoms with E-state index in [9.17, 15) is 19.1 Å². The van der Waals surface area contributed by atoms with Gasteiger partial charge in [0.25, 0.3) is 0 Å². The number of aromatic nitrogens is 1. The second kappa shape index (κ2) is 8.11. The number of thioether (sulfide) groups is 1. The number of halogens is 1. The van der Waals surface area contributed by atoms with Crippen LogP contribution in [0.1, 0.15) is 11.4 Å². The summed E-state index contributed by atoms with van der Waals surface area (Å²) >= 11 is 2.55. The Hall–Kier alpha value is -2.85. The molecule has 0 aliphatic carbocycles. The van der Waals surface area contributed by atoms with Crippen LogP contribution in [0.25, 0.3) is 10.2 Å². The van der Waals surface area contributed by atoms with Gasteiger partial charge in [0.2, 0.25) is 5.91 Å². The van der Waals surface area contributed by atoms with Crippen molar-refractivity contribution in [2.45, 2.75) is 23.1 Å². The highest BCUT2D eigenvalue weighted by Crippen LogP contribution is 2.46. The average Bonchev–Trinajstić information content (AvgIpc) is 3.11. The molecule has 1 amide bonds. The van der Waals surface area contributed by atoms with E-state index < -0.39 is 11.2 Å². The molecule has 0 fully saturated rings. The number of carbonyl (C=O) groups is 2. The molecule has 0 bridgehead atoms. The molecule has 1 aromatic heterocycles. The minimum absolute atomic E-state index is 0.138. The third-order valence-electron chi connectivity index (χ3n) is 4.61. The second-order valence-corrected chi connectivity index (χ2v) is 8.88. The number of carbonyl (C=O) groups excluding carboxylic acids is 1. The van der Waals surface area contributed by atoms with Crippen LogP contribution in [0.4, 0.5) is 10.1 Å². The van der Waals surface area contributed by atoms with Crippen molar-refractivity contribution in [3.05, 3.63) is 41.2 Å². The molecule has 156 valence electrons. The number of thiazole rings is 1. The SMILES string of the molecule is COc1cc2c(cc1OC)N(Cc1nc3cc(F)ccc3s1)C(=O)C(CC(=O)O)S2. The first-order valence-electron chi connectivity index (χ1n) is 8.90.